The summed E-state index contributed by atoms with van der Waals surface area (Å²) in [5.41, 5.74) is 6.00. The van der Waals surface area contributed by atoms with Crippen molar-refractivity contribution in [1.29, 1.82) is 0 Å². The van der Waals surface area contributed by atoms with Gasteiger partial charge in [-0.05, 0) is 130 Å². The van der Waals surface area contributed by atoms with E-state index in [2.05, 4.69) is 0 Å². The number of benzene rings is 7. The van der Waals surface area contributed by atoms with Crippen LogP contribution < -0.4 is 0 Å². The van der Waals surface area contributed by atoms with Gasteiger partial charge in [0.2, 0.25) is 0 Å². The molecule has 7 aromatic carbocycles. The molecule has 0 bridgehead atoms. The van der Waals surface area contributed by atoms with E-state index in [0.29, 0.717) is 77.8 Å². The summed E-state index contributed by atoms with van der Waals surface area (Å²) >= 11 is 0. The number of hydrogen-bond donors (Lipinski definition) is 0. The molecule has 0 aliphatic heterocycles. The van der Waals surface area contributed by atoms with Gasteiger partial charge in [-0.2, -0.15) is 0 Å². The van der Waals surface area contributed by atoms with Gasteiger partial charge in [0.1, 0.15) is 46.3 Å². The summed E-state index contributed by atoms with van der Waals surface area (Å²) in [5.74, 6) is -2.87. The van der Waals surface area contributed by atoms with E-state index in [1.54, 1.807) is 72.8 Å². The molecule has 8 rings (SSSR count). The second kappa shape index (κ2) is 13.3. The van der Waals surface area contributed by atoms with Crippen molar-refractivity contribution in [3.05, 3.63) is 180 Å². The number of halogens is 6. The Morgan fingerprint density at radius 2 is 0.423 bits per heavy atom. The van der Waals surface area contributed by atoms with Gasteiger partial charge >= 0.3 is 0 Å². The van der Waals surface area contributed by atoms with Crippen LogP contribution in [0.1, 0.15) is 0 Å². The lowest BCUT2D eigenvalue weighted by molar-refractivity contribution is 0.627. The SMILES string of the molecule is Fc1ccc(-c2c(-c3ccc(F)cc3)c(-c3ccc(F)cc3)c3c(-c4ccc(F)cc4)nnc(-c4ccc(F)cc4)c3c2-c2ccc(F)cc2)cc1. The topological polar surface area (TPSA) is 25.8 Å². The predicted molar refractivity (Wildman–Crippen MR) is 192 cm³/mol. The van der Waals surface area contributed by atoms with E-state index < -0.39 is 34.9 Å². The molecule has 0 aliphatic carbocycles. The third-order valence-electron chi connectivity index (χ3n) is 8.99. The fourth-order valence-electron chi connectivity index (χ4n) is 6.66. The molecule has 2 nitrogen and oxygen atoms in total. The molecule has 52 heavy (non-hydrogen) atoms. The third-order valence-corrected chi connectivity index (χ3v) is 8.99. The standard InChI is InChI=1S/C44H24F6N2/c45-31-13-1-25(2-14-31)37-38(26-3-15-32(46)16-4-26)40(28-7-19-34(48)20-8-28)42-41(39(37)27-5-17-33(47)18-6-27)43(29-9-21-35(49)22-10-29)51-52-44(42)30-11-23-36(50)24-12-30/h1-24H. The second-order valence-electron chi connectivity index (χ2n) is 12.2. The summed E-state index contributed by atoms with van der Waals surface area (Å²) in [6.07, 6.45) is 0. The maximum atomic E-state index is 14.6. The molecule has 0 fully saturated rings. The maximum Gasteiger partial charge on any atom is 0.123 e. The zero-order valence-corrected chi connectivity index (χ0v) is 27.0. The molecule has 0 spiro atoms. The minimum absolute atomic E-state index is 0.331. The van der Waals surface area contributed by atoms with Crippen LogP contribution in [0.2, 0.25) is 0 Å². The Bertz CT molecular complexity index is 2380. The first kappa shape index (κ1) is 32.7. The average molecular weight is 695 g/mol. The van der Waals surface area contributed by atoms with Crippen molar-refractivity contribution in [2.24, 2.45) is 0 Å². The zero-order chi connectivity index (χ0) is 35.9. The van der Waals surface area contributed by atoms with Gasteiger partial charge in [-0.15, -0.1) is 10.2 Å². The molecule has 0 atom stereocenters. The molecule has 1 aromatic heterocycles. The lowest BCUT2D eigenvalue weighted by atomic mass is 9.77. The quantitative estimate of drug-likeness (QED) is 0.162. The normalized spacial score (nSPS) is 11.3. The Balaban J connectivity index is 1.71. The van der Waals surface area contributed by atoms with Crippen molar-refractivity contribution < 1.29 is 26.3 Å². The molecule has 8 aromatic rings. The van der Waals surface area contributed by atoms with Gasteiger partial charge in [-0.1, -0.05) is 48.5 Å². The van der Waals surface area contributed by atoms with Crippen LogP contribution in [-0.4, -0.2) is 10.2 Å². The minimum atomic E-state index is -0.483. The average Bonchev–Trinajstić information content (AvgIpc) is 3.16. The van der Waals surface area contributed by atoms with Gasteiger partial charge in [0.15, 0.2) is 0 Å². The van der Waals surface area contributed by atoms with Crippen molar-refractivity contribution in [3.8, 4) is 67.0 Å². The number of fused-ring (bicyclic) bond motifs is 1. The Morgan fingerprint density at radius 1 is 0.231 bits per heavy atom. The summed E-state index contributed by atoms with van der Waals surface area (Å²) in [7, 11) is 0. The summed E-state index contributed by atoms with van der Waals surface area (Å²) in [4.78, 5) is 0. The first-order valence-electron chi connectivity index (χ1n) is 16.2. The van der Waals surface area contributed by atoms with Crippen molar-refractivity contribution in [2.45, 2.75) is 0 Å². The molecule has 252 valence electrons. The van der Waals surface area contributed by atoms with Crippen molar-refractivity contribution in [2.75, 3.05) is 0 Å². The van der Waals surface area contributed by atoms with E-state index in [1.165, 1.54) is 72.8 Å². The largest absolute Gasteiger partial charge is 0.207 e. The maximum absolute atomic E-state index is 14.6. The van der Waals surface area contributed by atoms with Gasteiger partial charge < -0.3 is 0 Å². The lowest BCUT2D eigenvalue weighted by Gasteiger charge is -2.26. The smallest absolute Gasteiger partial charge is 0.123 e. The highest BCUT2D eigenvalue weighted by Gasteiger charge is 2.29. The highest BCUT2D eigenvalue weighted by Crippen LogP contribution is 2.54. The number of hydrogen-bond acceptors (Lipinski definition) is 2. The molecule has 0 aliphatic rings. The third kappa shape index (κ3) is 5.98. The van der Waals surface area contributed by atoms with Crippen LogP contribution in [0, 0.1) is 34.9 Å². The van der Waals surface area contributed by atoms with Gasteiger partial charge in [0.05, 0.1) is 0 Å². The van der Waals surface area contributed by atoms with Crippen molar-refractivity contribution >= 4 is 10.8 Å². The molecular formula is C44H24F6N2. The van der Waals surface area contributed by atoms with Crippen molar-refractivity contribution in [3.63, 3.8) is 0 Å². The van der Waals surface area contributed by atoms with Crippen LogP contribution in [0.5, 0.6) is 0 Å². The minimum Gasteiger partial charge on any atom is -0.207 e. The highest BCUT2D eigenvalue weighted by molar-refractivity contribution is 6.24. The van der Waals surface area contributed by atoms with Gasteiger partial charge in [0.25, 0.3) is 0 Å². The number of aromatic nitrogens is 2. The van der Waals surface area contributed by atoms with Crippen LogP contribution in [0.25, 0.3) is 77.8 Å². The molecule has 0 unspecified atom stereocenters. The van der Waals surface area contributed by atoms with Gasteiger partial charge in [-0.3, -0.25) is 0 Å². The molecule has 0 N–H and O–H groups in total. The Morgan fingerprint density at radius 3 is 0.654 bits per heavy atom. The molecule has 0 saturated heterocycles. The van der Waals surface area contributed by atoms with Crippen LogP contribution in [0.3, 0.4) is 0 Å². The van der Waals surface area contributed by atoms with E-state index in [-0.39, 0.29) is 0 Å². The predicted octanol–water partition coefficient (Wildman–Crippen LogP) is 12.5. The fourth-order valence-corrected chi connectivity index (χ4v) is 6.66. The second-order valence-corrected chi connectivity index (χ2v) is 12.2. The number of rotatable bonds is 6. The fraction of sp³-hybridized carbons (Fsp3) is 0. The van der Waals surface area contributed by atoms with Crippen LogP contribution in [-0.2, 0) is 0 Å². The molecule has 0 radical (unpaired) electrons. The first-order chi connectivity index (χ1) is 25.2. The summed E-state index contributed by atoms with van der Waals surface area (Å²) in [5, 5.41) is 10.4. The summed E-state index contributed by atoms with van der Waals surface area (Å²) in [6, 6.07) is 34.8. The molecular weight excluding hydrogens is 670 g/mol. The molecule has 8 heteroatoms. The van der Waals surface area contributed by atoms with Gasteiger partial charge in [-0.25, -0.2) is 26.3 Å². The Labute approximate surface area is 294 Å². The molecule has 0 saturated carbocycles. The highest BCUT2D eigenvalue weighted by atomic mass is 19.1. The Hall–Kier alpha value is -6.54. The first-order valence-corrected chi connectivity index (χ1v) is 16.2. The van der Waals surface area contributed by atoms with E-state index in [4.69, 9.17) is 10.2 Å². The van der Waals surface area contributed by atoms with Crippen LogP contribution in [0.15, 0.2) is 146 Å². The monoisotopic (exact) mass is 694 g/mol. The zero-order valence-electron chi connectivity index (χ0n) is 27.0. The van der Waals surface area contributed by atoms with Crippen LogP contribution in [0.4, 0.5) is 26.3 Å². The van der Waals surface area contributed by atoms with Gasteiger partial charge in [0, 0.05) is 33.0 Å². The van der Waals surface area contributed by atoms with E-state index in [0.717, 1.165) is 0 Å². The lowest BCUT2D eigenvalue weighted by Crippen LogP contribution is -2.03. The van der Waals surface area contributed by atoms with Crippen molar-refractivity contribution in [1.82, 2.24) is 10.2 Å². The molecule has 1 heterocycles. The number of nitrogens with zero attached hydrogens (tertiary/aromatic N) is 2. The van der Waals surface area contributed by atoms with E-state index in [1.807, 2.05) is 0 Å². The molecule has 0 amide bonds. The van der Waals surface area contributed by atoms with E-state index >= 15 is 0 Å². The van der Waals surface area contributed by atoms with E-state index in [9.17, 15) is 26.3 Å². The van der Waals surface area contributed by atoms with Crippen LogP contribution >= 0.6 is 0 Å². The summed E-state index contributed by atoms with van der Waals surface area (Å²) < 4.78 is 87.0. The Kier molecular flexibility index (Phi) is 8.35. The summed E-state index contributed by atoms with van der Waals surface area (Å²) in [6.45, 7) is 0.